The average Bonchev–Trinajstić information content (AvgIpc) is 3.31. The molecule has 0 aromatic heterocycles. The molecule has 1 aliphatic carbocycles. The van der Waals surface area contributed by atoms with Crippen molar-refractivity contribution in [2.24, 2.45) is 5.92 Å². The predicted molar refractivity (Wildman–Crippen MR) is 78.5 cm³/mol. The fourth-order valence-electron chi connectivity index (χ4n) is 3.46. The Hall–Kier alpha value is -0.610. The number of piperidine rings is 1. The Kier molecular flexibility index (Phi) is 4.94. The van der Waals surface area contributed by atoms with Gasteiger partial charge in [0.25, 0.3) is 0 Å². The minimum Gasteiger partial charge on any atom is -0.378 e. The maximum Gasteiger partial charge on any atom is 0.225 e. The van der Waals surface area contributed by atoms with E-state index in [9.17, 15) is 4.79 Å². The monoisotopic (exact) mass is 280 g/mol. The maximum atomic E-state index is 12.6. The highest BCUT2D eigenvalue weighted by Gasteiger charge is 2.35. The van der Waals surface area contributed by atoms with E-state index in [0.29, 0.717) is 24.3 Å². The van der Waals surface area contributed by atoms with Gasteiger partial charge in [0.15, 0.2) is 0 Å². The molecule has 2 saturated heterocycles. The van der Waals surface area contributed by atoms with Crippen LogP contribution in [-0.4, -0.2) is 49.2 Å². The highest BCUT2D eigenvalue weighted by atomic mass is 16.5. The predicted octanol–water partition coefficient (Wildman–Crippen LogP) is 1.94. The lowest BCUT2D eigenvalue weighted by molar-refractivity contribution is -0.136. The number of carbonyl (C=O) groups is 1. The van der Waals surface area contributed by atoms with E-state index in [1.165, 1.54) is 32.1 Å². The molecular formula is C16H28N2O2. The second kappa shape index (κ2) is 6.90. The number of hydrogen-bond donors (Lipinski definition) is 1. The molecule has 3 aliphatic rings. The first-order chi connectivity index (χ1) is 9.83. The van der Waals surface area contributed by atoms with E-state index in [0.717, 1.165) is 39.1 Å². The van der Waals surface area contributed by atoms with Gasteiger partial charge < -0.3 is 15.0 Å². The van der Waals surface area contributed by atoms with E-state index >= 15 is 0 Å². The molecule has 2 heterocycles. The van der Waals surface area contributed by atoms with Gasteiger partial charge in [-0.2, -0.15) is 0 Å². The Morgan fingerprint density at radius 1 is 1.10 bits per heavy atom. The van der Waals surface area contributed by atoms with Crippen molar-refractivity contribution in [3.8, 4) is 0 Å². The SMILES string of the molecule is O=C(CC1CCCCO1)N(CC1CCNCC1)C1CC1. The molecule has 1 atom stereocenters. The molecule has 1 amide bonds. The van der Waals surface area contributed by atoms with Crippen LogP contribution in [0.3, 0.4) is 0 Å². The number of hydrogen-bond acceptors (Lipinski definition) is 3. The topological polar surface area (TPSA) is 41.6 Å². The van der Waals surface area contributed by atoms with Crippen molar-refractivity contribution in [3.63, 3.8) is 0 Å². The molecule has 0 radical (unpaired) electrons. The molecule has 20 heavy (non-hydrogen) atoms. The quantitative estimate of drug-likeness (QED) is 0.837. The van der Waals surface area contributed by atoms with Gasteiger partial charge in [-0.3, -0.25) is 4.79 Å². The minimum atomic E-state index is 0.186. The van der Waals surface area contributed by atoms with Crippen molar-refractivity contribution >= 4 is 5.91 Å². The van der Waals surface area contributed by atoms with Gasteiger partial charge in [-0.05, 0) is 64.0 Å². The Bertz CT molecular complexity index is 318. The van der Waals surface area contributed by atoms with Crippen LogP contribution >= 0.6 is 0 Å². The van der Waals surface area contributed by atoms with Gasteiger partial charge in [0.2, 0.25) is 5.91 Å². The van der Waals surface area contributed by atoms with E-state index in [1.54, 1.807) is 0 Å². The third kappa shape index (κ3) is 3.95. The lowest BCUT2D eigenvalue weighted by Gasteiger charge is -2.32. The zero-order chi connectivity index (χ0) is 13.8. The molecule has 3 rings (SSSR count). The van der Waals surface area contributed by atoms with E-state index in [-0.39, 0.29) is 6.10 Å². The molecule has 1 unspecified atom stereocenters. The van der Waals surface area contributed by atoms with Crippen LogP contribution in [0.25, 0.3) is 0 Å². The molecule has 4 nitrogen and oxygen atoms in total. The average molecular weight is 280 g/mol. The normalized spacial score (nSPS) is 28.3. The number of nitrogens with one attached hydrogen (secondary N) is 1. The number of ether oxygens (including phenoxy) is 1. The molecule has 0 spiro atoms. The van der Waals surface area contributed by atoms with Crippen LogP contribution in [0.1, 0.15) is 51.4 Å². The third-order valence-electron chi connectivity index (χ3n) is 4.90. The summed E-state index contributed by atoms with van der Waals surface area (Å²) in [4.78, 5) is 14.8. The van der Waals surface area contributed by atoms with Crippen LogP contribution in [0.2, 0.25) is 0 Å². The zero-order valence-electron chi connectivity index (χ0n) is 12.5. The van der Waals surface area contributed by atoms with Crippen molar-refractivity contribution < 1.29 is 9.53 Å². The largest absolute Gasteiger partial charge is 0.378 e. The van der Waals surface area contributed by atoms with Gasteiger partial charge in [0, 0.05) is 19.2 Å². The van der Waals surface area contributed by atoms with Gasteiger partial charge >= 0.3 is 0 Å². The lowest BCUT2D eigenvalue weighted by atomic mass is 9.97. The van der Waals surface area contributed by atoms with Gasteiger partial charge in [0.05, 0.1) is 12.5 Å². The van der Waals surface area contributed by atoms with Crippen molar-refractivity contribution in [3.05, 3.63) is 0 Å². The van der Waals surface area contributed by atoms with Crippen molar-refractivity contribution in [2.75, 3.05) is 26.2 Å². The zero-order valence-corrected chi connectivity index (χ0v) is 12.5. The summed E-state index contributed by atoms with van der Waals surface area (Å²) in [5.41, 5.74) is 0. The molecule has 2 aliphatic heterocycles. The second-order valence-corrected chi connectivity index (χ2v) is 6.66. The van der Waals surface area contributed by atoms with E-state index < -0.39 is 0 Å². The van der Waals surface area contributed by atoms with Crippen LogP contribution in [0.4, 0.5) is 0 Å². The molecule has 0 aromatic rings. The molecule has 114 valence electrons. The molecule has 1 saturated carbocycles. The summed E-state index contributed by atoms with van der Waals surface area (Å²) in [7, 11) is 0. The standard InChI is InChI=1S/C16H28N2O2/c19-16(11-15-3-1-2-10-20-15)18(14-4-5-14)12-13-6-8-17-9-7-13/h13-15,17H,1-12H2. The van der Waals surface area contributed by atoms with Gasteiger partial charge in [-0.1, -0.05) is 0 Å². The van der Waals surface area contributed by atoms with Crippen molar-refractivity contribution in [1.29, 1.82) is 0 Å². The first-order valence-corrected chi connectivity index (χ1v) is 8.44. The summed E-state index contributed by atoms with van der Waals surface area (Å²) in [6.07, 6.45) is 9.10. The summed E-state index contributed by atoms with van der Waals surface area (Å²) >= 11 is 0. The first kappa shape index (κ1) is 14.3. The van der Waals surface area contributed by atoms with Crippen LogP contribution in [0.15, 0.2) is 0 Å². The summed E-state index contributed by atoms with van der Waals surface area (Å²) in [6.45, 7) is 4.06. The molecule has 1 N–H and O–H groups in total. The molecule has 4 heteroatoms. The molecule has 0 aromatic carbocycles. The van der Waals surface area contributed by atoms with E-state index in [1.807, 2.05) is 0 Å². The third-order valence-corrected chi connectivity index (χ3v) is 4.90. The van der Waals surface area contributed by atoms with Crippen LogP contribution < -0.4 is 5.32 Å². The molecular weight excluding hydrogens is 252 g/mol. The van der Waals surface area contributed by atoms with Crippen LogP contribution in [0.5, 0.6) is 0 Å². The Morgan fingerprint density at radius 2 is 1.90 bits per heavy atom. The number of rotatable bonds is 5. The fourth-order valence-corrected chi connectivity index (χ4v) is 3.46. The van der Waals surface area contributed by atoms with E-state index in [2.05, 4.69) is 10.2 Å². The number of carbonyl (C=O) groups excluding carboxylic acids is 1. The Labute approximate surface area is 122 Å². The Balaban J connectivity index is 1.51. The summed E-state index contributed by atoms with van der Waals surface area (Å²) in [5, 5.41) is 3.40. The highest BCUT2D eigenvalue weighted by molar-refractivity contribution is 5.77. The van der Waals surface area contributed by atoms with Gasteiger partial charge in [0.1, 0.15) is 0 Å². The lowest BCUT2D eigenvalue weighted by Crippen LogP contribution is -2.42. The number of nitrogens with zero attached hydrogens (tertiary/aromatic N) is 1. The van der Waals surface area contributed by atoms with Gasteiger partial charge in [-0.15, -0.1) is 0 Å². The highest BCUT2D eigenvalue weighted by Crippen LogP contribution is 2.30. The van der Waals surface area contributed by atoms with Crippen molar-refractivity contribution in [2.45, 2.75) is 63.5 Å². The molecule has 0 bridgehead atoms. The summed E-state index contributed by atoms with van der Waals surface area (Å²) in [5.74, 6) is 1.05. The van der Waals surface area contributed by atoms with Gasteiger partial charge in [-0.25, -0.2) is 0 Å². The number of amides is 1. The minimum absolute atomic E-state index is 0.186. The van der Waals surface area contributed by atoms with E-state index in [4.69, 9.17) is 4.74 Å². The van der Waals surface area contributed by atoms with Crippen LogP contribution in [0, 0.1) is 5.92 Å². The molecule has 3 fully saturated rings. The second-order valence-electron chi connectivity index (χ2n) is 6.66. The first-order valence-electron chi connectivity index (χ1n) is 8.44. The van der Waals surface area contributed by atoms with Crippen LogP contribution in [-0.2, 0) is 9.53 Å². The summed E-state index contributed by atoms with van der Waals surface area (Å²) in [6, 6.07) is 0.543. The maximum absolute atomic E-state index is 12.6. The Morgan fingerprint density at radius 3 is 2.55 bits per heavy atom. The van der Waals surface area contributed by atoms with Crippen molar-refractivity contribution in [1.82, 2.24) is 10.2 Å². The summed E-state index contributed by atoms with van der Waals surface area (Å²) < 4.78 is 5.73. The fraction of sp³-hybridized carbons (Fsp3) is 0.938. The smallest absolute Gasteiger partial charge is 0.225 e.